The van der Waals surface area contributed by atoms with Crippen molar-refractivity contribution in [2.75, 3.05) is 6.61 Å². The lowest BCUT2D eigenvalue weighted by molar-refractivity contribution is 0.0527. The van der Waals surface area contributed by atoms with Crippen LogP contribution in [0.5, 0.6) is 10.9 Å². The highest BCUT2D eigenvalue weighted by molar-refractivity contribution is 7.19. The third-order valence-electron chi connectivity index (χ3n) is 3.24. The standard InChI is InChI=1S/C14H9ClFNO5S/c1-2-22-13(20)9-10(18)5-3-7(16)6(15)4-8(5)17-11(19)14(21)23-12(9)17/h3-4,19,21H,2H2,1H3. The van der Waals surface area contributed by atoms with Crippen molar-refractivity contribution in [3.63, 3.8) is 0 Å². The van der Waals surface area contributed by atoms with Gasteiger partial charge in [-0.2, -0.15) is 0 Å². The summed E-state index contributed by atoms with van der Waals surface area (Å²) in [5.41, 5.74) is -1.09. The van der Waals surface area contributed by atoms with Crippen LogP contribution in [0.2, 0.25) is 5.02 Å². The zero-order chi connectivity index (χ0) is 16.9. The smallest absolute Gasteiger partial charge is 0.345 e. The summed E-state index contributed by atoms with van der Waals surface area (Å²) in [7, 11) is 0. The molecule has 1 aromatic carbocycles. The minimum Gasteiger partial charge on any atom is -0.496 e. The Labute approximate surface area is 136 Å². The Hall–Kier alpha value is -2.32. The molecule has 2 aromatic heterocycles. The van der Waals surface area contributed by atoms with E-state index in [0.29, 0.717) is 11.3 Å². The number of carbonyl (C=O) groups excluding carboxylic acids is 1. The number of aromatic hydroxyl groups is 2. The number of ether oxygens (including phenoxy) is 1. The zero-order valence-electron chi connectivity index (χ0n) is 11.6. The lowest BCUT2D eigenvalue weighted by Crippen LogP contribution is -2.19. The third kappa shape index (κ3) is 2.22. The maximum Gasteiger partial charge on any atom is 0.345 e. The van der Waals surface area contributed by atoms with E-state index in [2.05, 4.69) is 0 Å². The SMILES string of the molecule is CCOC(=O)c1c(=O)c2cc(F)c(Cl)cc2n2c(O)c(O)sc12. The fourth-order valence-electron chi connectivity index (χ4n) is 2.28. The summed E-state index contributed by atoms with van der Waals surface area (Å²) < 4.78 is 19.6. The van der Waals surface area contributed by atoms with Crippen LogP contribution in [0.25, 0.3) is 15.7 Å². The zero-order valence-corrected chi connectivity index (χ0v) is 13.2. The second-order valence-electron chi connectivity index (χ2n) is 4.58. The van der Waals surface area contributed by atoms with E-state index < -0.39 is 28.2 Å². The molecule has 0 saturated carbocycles. The maximum absolute atomic E-state index is 13.7. The van der Waals surface area contributed by atoms with Crippen LogP contribution in [0.3, 0.4) is 0 Å². The Balaban J connectivity index is 2.59. The molecular formula is C14H9ClFNO5S. The largest absolute Gasteiger partial charge is 0.496 e. The lowest BCUT2D eigenvalue weighted by atomic mass is 10.1. The van der Waals surface area contributed by atoms with Crippen molar-refractivity contribution < 1.29 is 24.1 Å². The van der Waals surface area contributed by atoms with E-state index in [-0.39, 0.29) is 32.9 Å². The van der Waals surface area contributed by atoms with Gasteiger partial charge in [0.25, 0.3) is 5.88 Å². The quantitative estimate of drug-likeness (QED) is 0.688. The molecule has 0 fully saturated rings. The molecule has 2 heterocycles. The normalized spacial score (nSPS) is 11.3. The number of hydrogen-bond acceptors (Lipinski definition) is 6. The molecule has 6 nitrogen and oxygen atoms in total. The third-order valence-corrected chi connectivity index (χ3v) is 4.49. The molecule has 0 radical (unpaired) electrons. The predicted molar refractivity (Wildman–Crippen MR) is 83.3 cm³/mol. The average molecular weight is 358 g/mol. The first kappa shape index (κ1) is 15.6. The van der Waals surface area contributed by atoms with Crippen LogP contribution in [0.15, 0.2) is 16.9 Å². The van der Waals surface area contributed by atoms with Gasteiger partial charge >= 0.3 is 5.97 Å². The fraction of sp³-hybridized carbons (Fsp3) is 0.143. The molecule has 0 aliphatic rings. The molecule has 0 aliphatic carbocycles. The summed E-state index contributed by atoms with van der Waals surface area (Å²) in [6.45, 7) is 1.59. The van der Waals surface area contributed by atoms with E-state index in [1.165, 1.54) is 0 Å². The first-order valence-electron chi connectivity index (χ1n) is 6.42. The molecule has 3 aromatic rings. The Kier molecular flexibility index (Phi) is 3.65. The number of carbonyl (C=O) groups is 1. The van der Waals surface area contributed by atoms with Crippen molar-refractivity contribution in [2.24, 2.45) is 0 Å². The number of thiazole rings is 1. The van der Waals surface area contributed by atoms with Crippen LogP contribution in [-0.4, -0.2) is 27.2 Å². The van der Waals surface area contributed by atoms with Gasteiger partial charge in [0.1, 0.15) is 16.2 Å². The van der Waals surface area contributed by atoms with Gasteiger partial charge in [-0.1, -0.05) is 22.9 Å². The van der Waals surface area contributed by atoms with Gasteiger partial charge in [0.2, 0.25) is 10.5 Å². The highest BCUT2D eigenvalue weighted by Crippen LogP contribution is 2.39. The predicted octanol–water partition coefficient (Wildman–Crippen LogP) is 2.89. The number of rotatable bonds is 2. The van der Waals surface area contributed by atoms with E-state index in [9.17, 15) is 24.2 Å². The minimum atomic E-state index is -0.923. The topological polar surface area (TPSA) is 88.2 Å². The number of esters is 1. The monoisotopic (exact) mass is 357 g/mol. The van der Waals surface area contributed by atoms with Crippen molar-refractivity contribution in [1.82, 2.24) is 4.40 Å². The van der Waals surface area contributed by atoms with Gasteiger partial charge in [0, 0.05) is 0 Å². The fourth-order valence-corrected chi connectivity index (χ4v) is 3.36. The summed E-state index contributed by atoms with van der Waals surface area (Å²) in [4.78, 5) is 24.6. The Bertz CT molecular complexity index is 1030. The molecule has 0 spiro atoms. The molecule has 0 saturated heterocycles. The number of benzene rings is 1. The number of hydrogen-bond donors (Lipinski definition) is 2. The molecule has 9 heteroatoms. The molecule has 0 amide bonds. The van der Waals surface area contributed by atoms with Crippen molar-refractivity contribution >= 4 is 44.6 Å². The molecule has 0 unspecified atom stereocenters. The van der Waals surface area contributed by atoms with Gasteiger partial charge in [-0.3, -0.25) is 9.20 Å². The minimum absolute atomic E-state index is 0.0152. The number of halogens is 2. The molecule has 0 atom stereocenters. The van der Waals surface area contributed by atoms with Gasteiger partial charge in [0.05, 0.1) is 22.5 Å². The number of fused-ring (bicyclic) bond motifs is 3. The first-order chi connectivity index (χ1) is 10.9. The molecule has 23 heavy (non-hydrogen) atoms. The van der Waals surface area contributed by atoms with Gasteiger partial charge in [-0.15, -0.1) is 0 Å². The molecule has 3 rings (SSSR count). The first-order valence-corrected chi connectivity index (χ1v) is 7.61. The molecule has 0 bridgehead atoms. The summed E-state index contributed by atoms with van der Waals surface area (Å²) in [6, 6.07) is 2.02. The van der Waals surface area contributed by atoms with E-state index in [1.807, 2.05) is 0 Å². The van der Waals surface area contributed by atoms with Gasteiger partial charge in [-0.25, -0.2) is 9.18 Å². The number of nitrogens with zero attached hydrogens (tertiary/aromatic N) is 1. The van der Waals surface area contributed by atoms with Gasteiger partial charge in [0.15, 0.2) is 0 Å². The van der Waals surface area contributed by atoms with Crippen LogP contribution >= 0.6 is 22.9 Å². The molecule has 2 N–H and O–H groups in total. The number of pyridine rings is 1. The second-order valence-corrected chi connectivity index (χ2v) is 5.96. The van der Waals surface area contributed by atoms with E-state index in [0.717, 1.165) is 16.5 Å². The molecular weight excluding hydrogens is 349 g/mol. The highest BCUT2D eigenvalue weighted by atomic mass is 35.5. The second kappa shape index (κ2) is 5.39. The van der Waals surface area contributed by atoms with Crippen molar-refractivity contribution in [1.29, 1.82) is 0 Å². The summed E-state index contributed by atoms with van der Waals surface area (Å²) >= 11 is 6.36. The highest BCUT2D eigenvalue weighted by Gasteiger charge is 2.25. The van der Waals surface area contributed by atoms with Crippen molar-refractivity contribution in [2.45, 2.75) is 6.92 Å². The van der Waals surface area contributed by atoms with Crippen molar-refractivity contribution in [3.8, 4) is 10.9 Å². The van der Waals surface area contributed by atoms with E-state index in [1.54, 1.807) is 6.92 Å². The van der Waals surface area contributed by atoms with Crippen molar-refractivity contribution in [3.05, 3.63) is 38.8 Å². The van der Waals surface area contributed by atoms with E-state index >= 15 is 0 Å². The van der Waals surface area contributed by atoms with Crippen LogP contribution in [0, 0.1) is 5.82 Å². The van der Waals surface area contributed by atoms with E-state index in [4.69, 9.17) is 16.3 Å². The lowest BCUT2D eigenvalue weighted by Gasteiger charge is -2.08. The summed E-state index contributed by atoms with van der Waals surface area (Å²) in [6.07, 6.45) is 0. The summed E-state index contributed by atoms with van der Waals surface area (Å²) in [5, 5.41) is 18.8. The Morgan fingerprint density at radius 2 is 2.13 bits per heavy atom. The Morgan fingerprint density at radius 1 is 1.43 bits per heavy atom. The van der Waals surface area contributed by atoms with Crippen LogP contribution in [0.1, 0.15) is 17.3 Å². The number of aromatic nitrogens is 1. The maximum atomic E-state index is 13.7. The van der Waals surface area contributed by atoms with Crippen LogP contribution in [-0.2, 0) is 4.74 Å². The summed E-state index contributed by atoms with van der Waals surface area (Å²) in [5.74, 6) is -2.35. The average Bonchev–Trinajstić information content (AvgIpc) is 2.77. The van der Waals surface area contributed by atoms with Crippen LogP contribution < -0.4 is 5.43 Å². The van der Waals surface area contributed by atoms with Gasteiger partial charge < -0.3 is 14.9 Å². The Morgan fingerprint density at radius 3 is 2.78 bits per heavy atom. The molecule has 0 aliphatic heterocycles. The molecule has 120 valence electrons. The van der Waals surface area contributed by atoms with Crippen LogP contribution in [0.4, 0.5) is 4.39 Å². The van der Waals surface area contributed by atoms with Gasteiger partial charge in [-0.05, 0) is 19.1 Å².